The topological polar surface area (TPSA) is 49.9 Å². The number of hydrogen-bond donors (Lipinski definition) is 1. The smallest absolute Gasteiger partial charge is 0.321 e. The van der Waals surface area contributed by atoms with Crippen molar-refractivity contribution >= 4 is 28.4 Å². The van der Waals surface area contributed by atoms with Gasteiger partial charge in [0.15, 0.2) is 0 Å². The molecule has 1 N–H and O–H groups in total. The van der Waals surface area contributed by atoms with E-state index in [9.17, 15) is 22.8 Å². The number of pyridine rings is 1. The number of hydrogen-bond acceptors (Lipinski definition) is 3. The minimum atomic E-state index is -5.08. The highest BCUT2D eigenvalue weighted by atomic mass is 32.2. The second-order valence-electron chi connectivity index (χ2n) is 5.44. The summed E-state index contributed by atoms with van der Waals surface area (Å²) in [5.41, 5.74) is -1.37. The molecule has 0 aliphatic carbocycles. The third-order valence-electron chi connectivity index (χ3n) is 3.60. The number of aromatic amines is 1. The van der Waals surface area contributed by atoms with E-state index in [2.05, 4.69) is 11.9 Å². The summed E-state index contributed by atoms with van der Waals surface area (Å²) in [5, 5.41) is 0.463. The monoisotopic (exact) mass is 357 g/mol. The lowest BCUT2D eigenvalue weighted by atomic mass is 10.1. The third kappa shape index (κ3) is 4.20. The molecule has 130 valence electrons. The fraction of sp³-hybridized carbons (Fsp3) is 0.412. The lowest BCUT2D eigenvalue weighted by Gasteiger charge is -2.12. The van der Waals surface area contributed by atoms with Crippen molar-refractivity contribution in [3.05, 3.63) is 40.2 Å². The number of carbonyl (C=O) groups is 1. The predicted molar refractivity (Wildman–Crippen MR) is 89.8 cm³/mol. The molecule has 0 bridgehead atoms. The summed E-state index contributed by atoms with van der Waals surface area (Å²) < 4.78 is 38.6. The van der Waals surface area contributed by atoms with Crippen molar-refractivity contribution in [2.24, 2.45) is 0 Å². The summed E-state index contributed by atoms with van der Waals surface area (Å²) >= 11 is 1.14. The van der Waals surface area contributed by atoms with Crippen LogP contribution in [0.4, 0.5) is 13.2 Å². The zero-order valence-electron chi connectivity index (χ0n) is 13.2. The Bertz CT molecular complexity index is 783. The molecule has 3 nitrogen and oxygen atoms in total. The van der Waals surface area contributed by atoms with Gasteiger partial charge in [0.1, 0.15) is 5.56 Å². The van der Waals surface area contributed by atoms with Gasteiger partial charge in [-0.15, -0.1) is 11.8 Å². The van der Waals surface area contributed by atoms with Crippen LogP contribution in [0.5, 0.6) is 0 Å². The van der Waals surface area contributed by atoms with E-state index in [0.29, 0.717) is 16.7 Å². The minimum absolute atomic E-state index is 0.119. The largest absolute Gasteiger partial charge is 0.455 e. The standard InChI is InChI=1S/C17H18F3NO2S/c1-2-3-4-7-10-24-14-11-8-5-6-9-12(11)21-16(23)13(14)15(22)17(18,19)20/h5-6,8-9H,2-4,7,10H2,1H3,(H,21,23). The molecular weight excluding hydrogens is 339 g/mol. The second kappa shape index (κ2) is 7.88. The summed E-state index contributed by atoms with van der Waals surface area (Å²) in [6, 6.07) is 6.58. The van der Waals surface area contributed by atoms with Crippen LogP contribution in [0.25, 0.3) is 10.9 Å². The van der Waals surface area contributed by atoms with Gasteiger partial charge in [-0.2, -0.15) is 13.2 Å². The van der Waals surface area contributed by atoms with Gasteiger partial charge in [0.05, 0.1) is 0 Å². The maximum absolute atomic E-state index is 12.9. The van der Waals surface area contributed by atoms with Gasteiger partial charge in [-0.1, -0.05) is 44.4 Å². The SMILES string of the molecule is CCCCCCSc1c(C(=O)C(F)(F)F)c(=O)[nH]c2ccccc12. The normalized spacial score (nSPS) is 11.8. The lowest BCUT2D eigenvalue weighted by Crippen LogP contribution is -2.30. The number of fused-ring (bicyclic) bond motifs is 1. The lowest BCUT2D eigenvalue weighted by molar-refractivity contribution is -0.0888. The van der Waals surface area contributed by atoms with Crippen molar-refractivity contribution in [1.82, 2.24) is 4.98 Å². The Balaban J connectivity index is 2.47. The Morgan fingerprint density at radius 3 is 2.54 bits per heavy atom. The fourth-order valence-corrected chi connectivity index (χ4v) is 3.63. The summed E-state index contributed by atoms with van der Waals surface area (Å²) in [5.74, 6) is -1.53. The highest BCUT2D eigenvalue weighted by molar-refractivity contribution is 7.99. The van der Waals surface area contributed by atoms with Gasteiger partial charge in [-0.3, -0.25) is 9.59 Å². The molecule has 2 aromatic rings. The predicted octanol–water partition coefficient (Wildman–Crippen LogP) is 4.95. The first-order valence-corrected chi connectivity index (χ1v) is 8.74. The number of rotatable bonds is 7. The van der Waals surface area contributed by atoms with E-state index in [1.807, 2.05) is 0 Å². The molecule has 0 saturated carbocycles. The zero-order valence-corrected chi connectivity index (χ0v) is 14.0. The number of alkyl halides is 3. The summed E-state index contributed by atoms with van der Waals surface area (Å²) in [6.45, 7) is 2.07. The molecule has 0 atom stereocenters. The van der Waals surface area contributed by atoms with Crippen LogP contribution in [0.15, 0.2) is 34.0 Å². The van der Waals surface area contributed by atoms with E-state index >= 15 is 0 Å². The van der Waals surface area contributed by atoms with Crippen molar-refractivity contribution in [2.75, 3.05) is 5.75 Å². The maximum atomic E-state index is 12.9. The molecular formula is C17H18F3NO2S. The molecule has 0 radical (unpaired) electrons. The summed E-state index contributed by atoms with van der Waals surface area (Å²) in [4.78, 5) is 26.3. The van der Waals surface area contributed by atoms with E-state index in [4.69, 9.17) is 0 Å². The second-order valence-corrected chi connectivity index (χ2v) is 6.55. The van der Waals surface area contributed by atoms with E-state index in [1.165, 1.54) is 0 Å². The molecule has 0 saturated heterocycles. The summed E-state index contributed by atoms with van der Waals surface area (Å²) in [7, 11) is 0. The number of H-pyrrole nitrogens is 1. The first-order valence-electron chi connectivity index (χ1n) is 7.75. The van der Waals surface area contributed by atoms with Crippen molar-refractivity contribution in [3.63, 3.8) is 0 Å². The van der Waals surface area contributed by atoms with E-state index in [0.717, 1.165) is 37.4 Å². The van der Waals surface area contributed by atoms with E-state index in [1.54, 1.807) is 24.3 Å². The number of Topliss-reactive ketones (excluding diaryl/α,β-unsaturated/α-hetero) is 1. The van der Waals surface area contributed by atoms with Crippen LogP contribution in [0.3, 0.4) is 0 Å². The Kier molecular flexibility index (Phi) is 6.10. The number of unbranched alkanes of at least 4 members (excludes halogenated alkanes) is 3. The average Bonchev–Trinajstić information content (AvgIpc) is 2.53. The Morgan fingerprint density at radius 2 is 1.88 bits per heavy atom. The van der Waals surface area contributed by atoms with E-state index in [-0.39, 0.29) is 4.90 Å². The highest BCUT2D eigenvalue weighted by Gasteiger charge is 2.42. The van der Waals surface area contributed by atoms with Crippen LogP contribution in [0.2, 0.25) is 0 Å². The molecule has 0 amide bonds. The number of aromatic nitrogens is 1. The van der Waals surface area contributed by atoms with Crippen LogP contribution in [0, 0.1) is 0 Å². The number of halogens is 3. The number of thioether (sulfide) groups is 1. The first-order chi connectivity index (χ1) is 11.4. The van der Waals surface area contributed by atoms with E-state index < -0.39 is 23.1 Å². The Hall–Kier alpha value is -1.76. The zero-order chi connectivity index (χ0) is 17.7. The van der Waals surface area contributed by atoms with Crippen LogP contribution in [0.1, 0.15) is 43.0 Å². The molecule has 2 rings (SSSR count). The number of benzene rings is 1. The minimum Gasteiger partial charge on any atom is -0.321 e. The molecule has 1 aromatic carbocycles. The average molecular weight is 357 g/mol. The molecule has 7 heteroatoms. The van der Waals surface area contributed by atoms with Crippen molar-refractivity contribution < 1.29 is 18.0 Å². The van der Waals surface area contributed by atoms with Crippen LogP contribution < -0.4 is 5.56 Å². The third-order valence-corrected chi connectivity index (χ3v) is 4.81. The molecule has 0 unspecified atom stereocenters. The number of nitrogens with one attached hydrogen (secondary N) is 1. The molecule has 24 heavy (non-hydrogen) atoms. The van der Waals surface area contributed by atoms with Crippen molar-refractivity contribution in [3.8, 4) is 0 Å². The first kappa shape index (κ1) is 18.6. The van der Waals surface area contributed by atoms with Gasteiger partial charge in [0.2, 0.25) is 0 Å². The molecule has 0 spiro atoms. The van der Waals surface area contributed by atoms with Gasteiger partial charge < -0.3 is 4.98 Å². The van der Waals surface area contributed by atoms with Crippen LogP contribution in [-0.4, -0.2) is 22.7 Å². The number of carbonyl (C=O) groups excluding carboxylic acids is 1. The van der Waals surface area contributed by atoms with Gasteiger partial charge in [-0.25, -0.2) is 0 Å². The van der Waals surface area contributed by atoms with Gasteiger partial charge >= 0.3 is 6.18 Å². The molecule has 0 aliphatic heterocycles. The molecule has 1 aromatic heterocycles. The highest BCUT2D eigenvalue weighted by Crippen LogP contribution is 2.32. The Morgan fingerprint density at radius 1 is 1.17 bits per heavy atom. The fourth-order valence-electron chi connectivity index (χ4n) is 2.41. The van der Waals surface area contributed by atoms with Gasteiger partial charge in [0.25, 0.3) is 11.3 Å². The van der Waals surface area contributed by atoms with Gasteiger partial charge in [0, 0.05) is 15.8 Å². The van der Waals surface area contributed by atoms with Crippen molar-refractivity contribution in [2.45, 2.75) is 43.7 Å². The van der Waals surface area contributed by atoms with Crippen LogP contribution >= 0.6 is 11.8 Å². The molecule has 1 heterocycles. The quantitative estimate of drug-likeness (QED) is 0.433. The number of ketones is 1. The number of para-hydroxylation sites is 1. The Labute approximate surface area is 141 Å². The maximum Gasteiger partial charge on any atom is 0.455 e. The summed E-state index contributed by atoms with van der Waals surface area (Å²) in [6.07, 6.45) is -1.19. The van der Waals surface area contributed by atoms with Gasteiger partial charge in [-0.05, 0) is 18.2 Å². The van der Waals surface area contributed by atoms with Crippen molar-refractivity contribution in [1.29, 1.82) is 0 Å². The molecule has 0 aliphatic rings. The van der Waals surface area contributed by atoms with Crippen LogP contribution in [-0.2, 0) is 0 Å². The molecule has 0 fully saturated rings.